The number of carbonyl (C=O) groups excluding carboxylic acids is 2. The number of aliphatic hydroxyl groups is 1. The standard InChI is InChI=1S/C22H33N5O4S/c1-21(2,3)18(20(30)26-13-15(28)10-16(26)19(29)23-5)27-12-14(24-25-27)11-22(4,31-6)17-8-7-9-32-17/h7-9,12,15-16,18,28H,10-11,13H2,1-6H3,(H,23,29). The Morgan fingerprint density at radius 3 is 2.66 bits per heavy atom. The van der Waals surface area contributed by atoms with Crippen LogP contribution >= 0.6 is 11.3 Å². The molecule has 176 valence electrons. The topological polar surface area (TPSA) is 110 Å². The predicted octanol–water partition coefficient (Wildman–Crippen LogP) is 1.74. The average molecular weight is 464 g/mol. The molecule has 10 heteroatoms. The number of hydrogen-bond acceptors (Lipinski definition) is 7. The van der Waals surface area contributed by atoms with Gasteiger partial charge in [-0.05, 0) is 23.8 Å². The van der Waals surface area contributed by atoms with Gasteiger partial charge in [-0.2, -0.15) is 0 Å². The van der Waals surface area contributed by atoms with Crippen molar-refractivity contribution in [1.82, 2.24) is 25.2 Å². The molecule has 1 aliphatic rings. The normalized spacial score (nSPS) is 21.9. The number of aromatic nitrogens is 3. The second-order valence-corrected chi connectivity index (χ2v) is 10.5. The van der Waals surface area contributed by atoms with Gasteiger partial charge in [0.05, 0.1) is 11.8 Å². The van der Waals surface area contributed by atoms with E-state index >= 15 is 0 Å². The summed E-state index contributed by atoms with van der Waals surface area (Å²) in [7, 11) is 3.20. The molecular formula is C22H33N5O4S. The Morgan fingerprint density at radius 1 is 1.38 bits per heavy atom. The average Bonchev–Trinajstić information content (AvgIpc) is 3.47. The van der Waals surface area contributed by atoms with Crippen LogP contribution in [0.5, 0.6) is 0 Å². The zero-order chi connectivity index (χ0) is 23.7. The van der Waals surface area contributed by atoms with E-state index in [1.807, 2.05) is 45.2 Å². The van der Waals surface area contributed by atoms with Crippen molar-refractivity contribution in [2.24, 2.45) is 5.41 Å². The quantitative estimate of drug-likeness (QED) is 0.647. The summed E-state index contributed by atoms with van der Waals surface area (Å²) in [6.45, 7) is 7.96. The number of nitrogens with one attached hydrogen (secondary N) is 1. The number of carbonyl (C=O) groups is 2. The molecule has 2 aromatic rings. The molecule has 0 saturated carbocycles. The van der Waals surface area contributed by atoms with Gasteiger partial charge in [0.2, 0.25) is 11.8 Å². The molecule has 1 fully saturated rings. The Morgan fingerprint density at radius 2 is 2.09 bits per heavy atom. The van der Waals surface area contributed by atoms with E-state index in [9.17, 15) is 14.7 Å². The molecule has 0 spiro atoms. The lowest BCUT2D eigenvalue weighted by atomic mass is 9.85. The van der Waals surface area contributed by atoms with Crippen molar-refractivity contribution in [2.75, 3.05) is 20.7 Å². The highest BCUT2D eigenvalue weighted by Gasteiger charge is 2.45. The summed E-state index contributed by atoms with van der Waals surface area (Å²) in [5.74, 6) is -0.541. The number of ether oxygens (including phenoxy) is 1. The van der Waals surface area contributed by atoms with Crippen molar-refractivity contribution < 1.29 is 19.4 Å². The Balaban J connectivity index is 1.89. The van der Waals surface area contributed by atoms with Crippen LogP contribution in [0, 0.1) is 5.41 Å². The first-order valence-electron chi connectivity index (χ1n) is 10.7. The maximum atomic E-state index is 13.6. The molecule has 3 heterocycles. The fourth-order valence-electron chi connectivity index (χ4n) is 4.22. The molecule has 2 N–H and O–H groups in total. The van der Waals surface area contributed by atoms with Gasteiger partial charge in [-0.1, -0.05) is 32.1 Å². The highest BCUT2D eigenvalue weighted by atomic mass is 32.1. The second kappa shape index (κ2) is 9.29. The van der Waals surface area contributed by atoms with Crippen molar-refractivity contribution in [1.29, 1.82) is 0 Å². The van der Waals surface area contributed by atoms with Crippen molar-refractivity contribution in [3.8, 4) is 0 Å². The van der Waals surface area contributed by atoms with Crippen molar-refractivity contribution in [2.45, 2.75) is 64.3 Å². The van der Waals surface area contributed by atoms with E-state index in [2.05, 4.69) is 15.6 Å². The van der Waals surface area contributed by atoms with Gasteiger partial charge in [0.25, 0.3) is 0 Å². The molecule has 0 aromatic carbocycles. The maximum Gasteiger partial charge on any atom is 0.248 e. The molecule has 4 atom stereocenters. The van der Waals surface area contributed by atoms with Gasteiger partial charge in [0.1, 0.15) is 17.7 Å². The van der Waals surface area contributed by atoms with Crippen LogP contribution in [0.1, 0.15) is 50.7 Å². The molecule has 2 aromatic heterocycles. The summed E-state index contributed by atoms with van der Waals surface area (Å²) >= 11 is 1.62. The maximum absolute atomic E-state index is 13.6. The third-order valence-corrected chi connectivity index (χ3v) is 7.11. The molecule has 0 aliphatic carbocycles. The molecule has 9 nitrogen and oxygen atoms in total. The van der Waals surface area contributed by atoms with Crippen molar-refractivity contribution in [3.63, 3.8) is 0 Å². The van der Waals surface area contributed by atoms with E-state index in [-0.39, 0.29) is 24.8 Å². The number of amides is 2. The molecule has 0 bridgehead atoms. The zero-order valence-corrected chi connectivity index (χ0v) is 20.3. The Bertz CT molecular complexity index is 939. The number of aliphatic hydroxyl groups excluding tert-OH is 1. The summed E-state index contributed by atoms with van der Waals surface area (Å²) in [6.07, 6.45) is 1.76. The largest absolute Gasteiger partial charge is 0.391 e. The van der Waals surface area contributed by atoms with Gasteiger partial charge >= 0.3 is 0 Å². The third kappa shape index (κ3) is 4.87. The lowest BCUT2D eigenvalue weighted by Crippen LogP contribution is -2.49. The van der Waals surface area contributed by atoms with Gasteiger partial charge in [-0.3, -0.25) is 9.59 Å². The minimum Gasteiger partial charge on any atom is -0.391 e. The number of rotatable bonds is 7. The number of methoxy groups -OCH3 is 1. The number of β-amino-alcohol motifs (C(OH)–C–C–N with tert-alkyl or cyclic N) is 1. The van der Waals surface area contributed by atoms with Crippen molar-refractivity contribution in [3.05, 3.63) is 34.3 Å². The lowest BCUT2D eigenvalue weighted by Gasteiger charge is -2.34. The number of likely N-dealkylation sites (tertiary alicyclic amines) is 1. The van der Waals surface area contributed by atoms with Gasteiger partial charge in [0.15, 0.2) is 0 Å². The predicted molar refractivity (Wildman–Crippen MR) is 121 cm³/mol. The molecule has 4 unspecified atom stereocenters. The minimum absolute atomic E-state index is 0.116. The van der Waals surface area contributed by atoms with E-state index in [1.165, 1.54) is 11.9 Å². The summed E-state index contributed by atoms with van der Waals surface area (Å²) in [5.41, 5.74) is -0.352. The Hall–Kier alpha value is -2.30. The minimum atomic E-state index is -0.735. The molecule has 1 saturated heterocycles. The van der Waals surface area contributed by atoms with Crippen LogP contribution in [0.4, 0.5) is 0 Å². The SMILES string of the molecule is CNC(=O)C1CC(O)CN1C(=O)C(n1cc(CC(C)(OC)c2cccs2)nn1)C(C)(C)C. The molecule has 3 rings (SSSR count). The molecular weight excluding hydrogens is 430 g/mol. The fourth-order valence-corrected chi connectivity index (χ4v) is 5.08. The van der Waals surface area contributed by atoms with E-state index in [0.29, 0.717) is 12.1 Å². The van der Waals surface area contributed by atoms with Crippen molar-refractivity contribution >= 4 is 23.2 Å². The smallest absolute Gasteiger partial charge is 0.248 e. The molecule has 1 aliphatic heterocycles. The van der Waals surface area contributed by atoms with E-state index in [4.69, 9.17) is 4.74 Å². The monoisotopic (exact) mass is 463 g/mol. The van der Waals surface area contributed by atoms with E-state index < -0.39 is 29.2 Å². The van der Waals surface area contributed by atoms with Crippen LogP contribution in [-0.2, 0) is 26.3 Å². The van der Waals surface area contributed by atoms with Crippen LogP contribution in [-0.4, -0.2) is 69.7 Å². The number of thiophene rings is 1. The highest BCUT2D eigenvalue weighted by Crippen LogP contribution is 2.35. The zero-order valence-electron chi connectivity index (χ0n) is 19.5. The van der Waals surface area contributed by atoms with Crippen LogP contribution < -0.4 is 5.32 Å². The first-order valence-corrected chi connectivity index (χ1v) is 11.6. The van der Waals surface area contributed by atoms with Crippen LogP contribution in [0.25, 0.3) is 0 Å². The van der Waals surface area contributed by atoms with Crippen LogP contribution in [0.15, 0.2) is 23.7 Å². The number of nitrogens with zero attached hydrogens (tertiary/aromatic N) is 4. The lowest BCUT2D eigenvalue weighted by molar-refractivity contribution is -0.144. The second-order valence-electron chi connectivity index (χ2n) is 9.56. The van der Waals surface area contributed by atoms with E-state index in [1.54, 1.807) is 29.3 Å². The summed E-state index contributed by atoms with van der Waals surface area (Å²) < 4.78 is 7.38. The summed E-state index contributed by atoms with van der Waals surface area (Å²) in [4.78, 5) is 28.5. The highest BCUT2D eigenvalue weighted by molar-refractivity contribution is 7.10. The van der Waals surface area contributed by atoms with E-state index in [0.717, 1.165) is 4.88 Å². The fraction of sp³-hybridized carbons (Fsp3) is 0.636. The van der Waals surface area contributed by atoms with Gasteiger partial charge < -0.3 is 20.1 Å². The number of likely N-dealkylation sites (N-methyl/N-ethyl adjacent to an activating group) is 1. The first kappa shape index (κ1) is 24.3. The Labute approximate surface area is 192 Å². The Kier molecular flexibility index (Phi) is 7.06. The van der Waals surface area contributed by atoms with Gasteiger partial charge in [-0.25, -0.2) is 4.68 Å². The molecule has 0 radical (unpaired) electrons. The third-order valence-electron chi connectivity index (χ3n) is 6.00. The summed E-state index contributed by atoms with van der Waals surface area (Å²) in [6, 6.07) is 2.62. The van der Waals surface area contributed by atoms with Crippen LogP contribution in [0.3, 0.4) is 0 Å². The van der Waals surface area contributed by atoms with Gasteiger partial charge in [-0.15, -0.1) is 16.4 Å². The van der Waals surface area contributed by atoms with Gasteiger partial charge in [0, 0.05) is 44.6 Å². The van der Waals surface area contributed by atoms with Crippen LogP contribution in [0.2, 0.25) is 0 Å². The summed E-state index contributed by atoms with van der Waals surface area (Å²) in [5, 5.41) is 23.4. The first-order chi connectivity index (χ1) is 15.0. The molecule has 2 amide bonds. The molecule has 32 heavy (non-hydrogen) atoms. The number of hydrogen-bond donors (Lipinski definition) is 2.